The summed E-state index contributed by atoms with van der Waals surface area (Å²) < 4.78 is 27.4. The molecule has 1 rings (SSSR count). The summed E-state index contributed by atoms with van der Waals surface area (Å²) in [5, 5.41) is 3.23. The number of hydrogen-bond donors (Lipinski definition) is 1. The SMILES string of the molecule is CCNCc1ccc(C)c(S(=O)(=O)N(CC)C(C)CC)c1. The molecule has 21 heavy (non-hydrogen) atoms. The van der Waals surface area contributed by atoms with Crippen LogP contribution in [0.5, 0.6) is 0 Å². The van der Waals surface area contributed by atoms with Gasteiger partial charge in [0.25, 0.3) is 0 Å². The third-order valence-corrected chi connectivity index (χ3v) is 6.04. The molecule has 0 aliphatic rings. The van der Waals surface area contributed by atoms with Crippen LogP contribution < -0.4 is 5.32 Å². The van der Waals surface area contributed by atoms with Crippen LogP contribution in [0.15, 0.2) is 23.1 Å². The molecule has 120 valence electrons. The normalized spacial score (nSPS) is 13.6. The monoisotopic (exact) mass is 312 g/mol. The average Bonchev–Trinajstić information content (AvgIpc) is 2.46. The molecule has 0 saturated carbocycles. The van der Waals surface area contributed by atoms with E-state index in [1.165, 1.54) is 0 Å². The van der Waals surface area contributed by atoms with Gasteiger partial charge in [0.2, 0.25) is 10.0 Å². The molecule has 1 aromatic carbocycles. The summed E-state index contributed by atoms with van der Waals surface area (Å²) in [6.07, 6.45) is 0.809. The average molecular weight is 312 g/mol. The van der Waals surface area contributed by atoms with Crippen LogP contribution in [-0.4, -0.2) is 31.9 Å². The highest BCUT2D eigenvalue weighted by molar-refractivity contribution is 7.89. The summed E-state index contributed by atoms with van der Waals surface area (Å²) in [5.74, 6) is 0. The molecule has 0 radical (unpaired) electrons. The van der Waals surface area contributed by atoms with Crippen molar-refractivity contribution in [2.24, 2.45) is 0 Å². The molecule has 0 aliphatic carbocycles. The van der Waals surface area contributed by atoms with Gasteiger partial charge < -0.3 is 5.32 Å². The van der Waals surface area contributed by atoms with Crippen LogP contribution in [0, 0.1) is 6.92 Å². The Bertz CT molecular complexity index is 555. The molecule has 0 spiro atoms. The fourth-order valence-corrected chi connectivity index (χ4v) is 4.34. The number of benzene rings is 1. The lowest BCUT2D eigenvalue weighted by atomic mass is 10.1. The molecule has 0 saturated heterocycles. The number of rotatable bonds is 8. The lowest BCUT2D eigenvalue weighted by Crippen LogP contribution is -2.38. The summed E-state index contributed by atoms with van der Waals surface area (Å²) in [6.45, 7) is 11.8. The maximum atomic E-state index is 12.9. The quantitative estimate of drug-likeness (QED) is 0.803. The van der Waals surface area contributed by atoms with Crippen molar-refractivity contribution in [3.8, 4) is 0 Å². The van der Waals surface area contributed by atoms with Gasteiger partial charge in [-0.15, -0.1) is 0 Å². The molecule has 0 aromatic heterocycles. The fraction of sp³-hybridized carbons (Fsp3) is 0.625. The van der Waals surface area contributed by atoms with Gasteiger partial charge in [0, 0.05) is 19.1 Å². The topological polar surface area (TPSA) is 49.4 Å². The smallest absolute Gasteiger partial charge is 0.243 e. The molecular formula is C16H28N2O2S. The first kappa shape index (κ1) is 18.1. The van der Waals surface area contributed by atoms with Crippen molar-refractivity contribution in [3.63, 3.8) is 0 Å². The van der Waals surface area contributed by atoms with E-state index in [1.54, 1.807) is 10.4 Å². The summed E-state index contributed by atoms with van der Waals surface area (Å²) in [7, 11) is -3.44. The fourth-order valence-electron chi connectivity index (χ4n) is 2.35. The van der Waals surface area contributed by atoms with E-state index in [4.69, 9.17) is 0 Å². The van der Waals surface area contributed by atoms with Gasteiger partial charge in [0.05, 0.1) is 4.90 Å². The predicted octanol–water partition coefficient (Wildman–Crippen LogP) is 2.91. The van der Waals surface area contributed by atoms with E-state index in [1.807, 2.05) is 46.8 Å². The van der Waals surface area contributed by atoms with E-state index in [-0.39, 0.29) is 6.04 Å². The molecule has 0 bridgehead atoms. The van der Waals surface area contributed by atoms with Gasteiger partial charge in [-0.3, -0.25) is 0 Å². The van der Waals surface area contributed by atoms with E-state index in [9.17, 15) is 8.42 Å². The van der Waals surface area contributed by atoms with Crippen molar-refractivity contribution < 1.29 is 8.42 Å². The van der Waals surface area contributed by atoms with Crippen molar-refractivity contribution in [1.29, 1.82) is 0 Å². The van der Waals surface area contributed by atoms with Crippen LogP contribution in [-0.2, 0) is 16.6 Å². The van der Waals surface area contributed by atoms with Gasteiger partial charge in [-0.2, -0.15) is 4.31 Å². The molecular weight excluding hydrogens is 284 g/mol. The largest absolute Gasteiger partial charge is 0.313 e. The Morgan fingerprint density at radius 2 is 1.90 bits per heavy atom. The number of hydrogen-bond acceptors (Lipinski definition) is 3. The molecule has 1 unspecified atom stereocenters. The highest BCUT2D eigenvalue weighted by Crippen LogP contribution is 2.23. The van der Waals surface area contributed by atoms with Crippen molar-refractivity contribution in [2.75, 3.05) is 13.1 Å². The number of aryl methyl sites for hydroxylation is 1. The Kier molecular flexibility index (Phi) is 6.84. The Morgan fingerprint density at radius 3 is 2.43 bits per heavy atom. The van der Waals surface area contributed by atoms with Crippen LogP contribution in [0.3, 0.4) is 0 Å². The minimum atomic E-state index is -3.44. The second-order valence-corrected chi connectivity index (χ2v) is 7.20. The molecule has 0 amide bonds. The highest BCUT2D eigenvalue weighted by atomic mass is 32.2. The Labute approximate surface area is 129 Å². The van der Waals surface area contributed by atoms with Gasteiger partial charge in [0.1, 0.15) is 0 Å². The van der Waals surface area contributed by atoms with Gasteiger partial charge in [-0.1, -0.05) is 32.9 Å². The predicted molar refractivity (Wildman–Crippen MR) is 87.9 cm³/mol. The zero-order chi connectivity index (χ0) is 16.0. The van der Waals surface area contributed by atoms with Crippen molar-refractivity contribution in [3.05, 3.63) is 29.3 Å². The summed E-state index contributed by atoms with van der Waals surface area (Å²) >= 11 is 0. The van der Waals surface area contributed by atoms with Crippen molar-refractivity contribution in [2.45, 2.75) is 58.5 Å². The maximum absolute atomic E-state index is 12.9. The van der Waals surface area contributed by atoms with E-state index < -0.39 is 10.0 Å². The molecule has 1 atom stereocenters. The molecule has 5 heteroatoms. The maximum Gasteiger partial charge on any atom is 0.243 e. The second-order valence-electron chi connectivity index (χ2n) is 5.35. The molecule has 0 heterocycles. The summed E-state index contributed by atoms with van der Waals surface area (Å²) in [5.41, 5.74) is 1.80. The Hall–Kier alpha value is -0.910. The Morgan fingerprint density at radius 1 is 1.24 bits per heavy atom. The van der Waals surface area contributed by atoms with Crippen LogP contribution in [0.25, 0.3) is 0 Å². The highest BCUT2D eigenvalue weighted by Gasteiger charge is 2.28. The molecule has 1 N–H and O–H groups in total. The van der Waals surface area contributed by atoms with E-state index in [0.717, 1.165) is 24.1 Å². The zero-order valence-corrected chi connectivity index (χ0v) is 14.6. The van der Waals surface area contributed by atoms with Gasteiger partial charge in [-0.25, -0.2) is 8.42 Å². The minimum Gasteiger partial charge on any atom is -0.313 e. The van der Waals surface area contributed by atoms with Crippen molar-refractivity contribution in [1.82, 2.24) is 9.62 Å². The van der Waals surface area contributed by atoms with E-state index >= 15 is 0 Å². The standard InChI is InChI=1S/C16H28N2O2S/c1-6-14(5)18(8-3)21(19,20)16-11-15(12-17-7-2)10-9-13(16)4/h9-11,14,17H,6-8,12H2,1-5H3. The van der Waals surface area contributed by atoms with Gasteiger partial charge in [-0.05, 0) is 44.0 Å². The first-order valence-electron chi connectivity index (χ1n) is 7.70. The number of sulfonamides is 1. The summed E-state index contributed by atoms with van der Waals surface area (Å²) in [6, 6.07) is 5.69. The van der Waals surface area contributed by atoms with E-state index in [2.05, 4.69) is 5.32 Å². The van der Waals surface area contributed by atoms with Gasteiger partial charge >= 0.3 is 0 Å². The lowest BCUT2D eigenvalue weighted by Gasteiger charge is -2.27. The molecule has 0 aliphatic heterocycles. The van der Waals surface area contributed by atoms with E-state index in [0.29, 0.717) is 18.0 Å². The summed E-state index contributed by atoms with van der Waals surface area (Å²) in [4.78, 5) is 0.431. The molecule has 4 nitrogen and oxygen atoms in total. The van der Waals surface area contributed by atoms with Crippen LogP contribution in [0.2, 0.25) is 0 Å². The third-order valence-electron chi connectivity index (χ3n) is 3.81. The number of nitrogens with one attached hydrogen (secondary N) is 1. The number of nitrogens with zero attached hydrogens (tertiary/aromatic N) is 1. The molecule has 0 fully saturated rings. The molecule has 1 aromatic rings. The Balaban J connectivity index is 3.22. The van der Waals surface area contributed by atoms with Gasteiger partial charge in [0.15, 0.2) is 0 Å². The second kappa shape index (κ2) is 7.92. The first-order valence-corrected chi connectivity index (χ1v) is 9.14. The first-order chi connectivity index (χ1) is 9.88. The van der Waals surface area contributed by atoms with Crippen LogP contribution in [0.4, 0.5) is 0 Å². The van der Waals surface area contributed by atoms with Crippen LogP contribution >= 0.6 is 0 Å². The van der Waals surface area contributed by atoms with Crippen LogP contribution in [0.1, 0.15) is 45.2 Å². The third kappa shape index (κ3) is 4.28. The zero-order valence-electron chi connectivity index (χ0n) is 13.8. The lowest BCUT2D eigenvalue weighted by molar-refractivity contribution is 0.342. The van der Waals surface area contributed by atoms with Crippen molar-refractivity contribution >= 4 is 10.0 Å². The minimum absolute atomic E-state index is 0.0109.